The van der Waals surface area contributed by atoms with Gasteiger partial charge in [0.2, 0.25) is 0 Å². The predicted octanol–water partition coefficient (Wildman–Crippen LogP) is 10.3. The number of hydrogen-bond acceptors (Lipinski definition) is 1. The van der Waals surface area contributed by atoms with Crippen molar-refractivity contribution in [2.24, 2.45) is 0 Å². The molecule has 4 heterocycles. The summed E-state index contributed by atoms with van der Waals surface area (Å²) >= 11 is 0. The maximum atomic E-state index is 9.58. The molecule has 49 heavy (non-hydrogen) atoms. The number of H-pyrrole nitrogens is 4. The molecule has 0 aliphatic carbocycles. The van der Waals surface area contributed by atoms with Crippen molar-refractivity contribution >= 4 is 0 Å². The molecular weight excluding hydrogens is 599 g/mol. The second-order valence-corrected chi connectivity index (χ2v) is 13.6. The van der Waals surface area contributed by atoms with Crippen LogP contribution in [0.3, 0.4) is 0 Å². The van der Waals surface area contributed by atoms with Gasteiger partial charge in [-0.15, -0.1) is 0 Å². The Morgan fingerprint density at radius 1 is 0.469 bits per heavy atom. The number of nitrogens with zero attached hydrogens (tertiary/aromatic N) is 1. The molecule has 0 spiro atoms. The SMILES string of the molecule is Cc1cc(C)c(C(c2ccc[nH]2)c2ccc(C(c3ccc(C#N)cc3)c3ccc(C(c4ccc[nH]4)c4c(C)cc(C)cc4C)[nH]3)[nH]2)c(C)c1. The van der Waals surface area contributed by atoms with Gasteiger partial charge in [-0.3, -0.25) is 0 Å². The number of aromatic nitrogens is 4. The van der Waals surface area contributed by atoms with Gasteiger partial charge in [-0.2, -0.15) is 5.26 Å². The number of aryl methyl sites for hydroxylation is 6. The molecule has 0 bridgehead atoms. The van der Waals surface area contributed by atoms with Crippen molar-refractivity contribution in [1.29, 1.82) is 5.26 Å². The van der Waals surface area contributed by atoms with Gasteiger partial charge in [0, 0.05) is 46.6 Å². The van der Waals surface area contributed by atoms with Crippen molar-refractivity contribution in [3.8, 4) is 6.07 Å². The van der Waals surface area contributed by atoms with E-state index in [4.69, 9.17) is 0 Å². The normalized spacial score (nSPS) is 13.2. The molecule has 7 rings (SSSR count). The van der Waals surface area contributed by atoms with Crippen LogP contribution in [0.5, 0.6) is 0 Å². The van der Waals surface area contributed by atoms with Gasteiger partial charge in [0.05, 0.1) is 29.4 Å². The molecule has 3 aromatic carbocycles. The van der Waals surface area contributed by atoms with Crippen LogP contribution in [-0.4, -0.2) is 19.9 Å². The van der Waals surface area contributed by atoms with Crippen molar-refractivity contribution in [2.75, 3.05) is 0 Å². The highest BCUT2D eigenvalue weighted by molar-refractivity contribution is 5.52. The standard InChI is InChI=1S/C44H43N5/c1-26-21-28(3)40(29(4)22-26)43(34-9-7-19-46-34)38-17-15-36(48-38)42(33-13-11-32(25-45)12-14-33)37-16-18-39(49-37)44(35-10-8-20-47-35)41-30(5)23-27(2)24-31(41)6/h7-24,42-44,46-49H,1-6H3. The molecule has 2 atom stereocenters. The molecule has 7 aromatic rings. The first-order chi connectivity index (χ1) is 23.7. The molecule has 0 saturated carbocycles. The van der Waals surface area contributed by atoms with Crippen LogP contribution in [0.2, 0.25) is 0 Å². The fourth-order valence-corrected chi connectivity index (χ4v) is 8.11. The van der Waals surface area contributed by atoms with E-state index in [0.29, 0.717) is 5.56 Å². The smallest absolute Gasteiger partial charge is 0.0991 e. The highest BCUT2D eigenvalue weighted by Crippen LogP contribution is 2.40. The summed E-state index contributed by atoms with van der Waals surface area (Å²) in [7, 11) is 0. The number of nitriles is 1. The van der Waals surface area contributed by atoms with Crippen molar-refractivity contribution < 1.29 is 0 Å². The van der Waals surface area contributed by atoms with Gasteiger partial charge in [-0.1, -0.05) is 47.5 Å². The lowest BCUT2D eigenvalue weighted by Crippen LogP contribution is -2.11. The Bertz CT molecular complexity index is 2070. The Hall–Kier alpha value is -5.73. The zero-order valence-corrected chi connectivity index (χ0v) is 29.1. The Kier molecular flexibility index (Phi) is 8.48. The Morgan fingerprint density at radius 3 is 1.20 bits per heavy atom. The van der Waals surface area contributed by atoms with Crippen LogP contribution in [-0.2, 0) is 0 Å². The molecule has 0 fully saturated rings. The van der Waals surface area contributed by atoms with Crippen LogP contribution in [0.15, 0.2) is 109 Å². The quantitative estimate of drug-likeness (QED) is 0.124. The molecule has 0 aliphatic rings. The fourth-order valence-electron chi connectivity index (χ4n) is 8.11. The maximum Gasteiger partial charge on any atom is 0.0991 e. The minimum absolute atomic E-state index is 0.0231. The van der Waals surface area contributed by atoms with Crippen molar-refractivity contribution in [2.45, 2.75) is 59.3 Å². The van der Waals surface area contributed by atoms with Crippen molar-refractivity contribution in [3.63, 3.8) is 0 Å². The third-order valence-electron chi connectivity index (χ3n) is 10.00. The second kappa shape index (κ2) is 13.1. The van der Waals surface area contributed by atoms with E-state index in [2.05, 4.69) is 152 Å². The van der Waals surface area contributed by atoms with Gasteiger partial charge < -0.3 is 19.9 Å². The van der Waals surface area contributed by atoms with Gasteiger partial charge in [0.1, 0.15) is 0 Å². The zero-order chi connectivity index (χ0) is 34.2. The third kappa shape index (κ3) is 6.07. The van der Waals surface area contributed by atoms with Gasteiger partial charge in [-0.05, 0) is 141 Å². The molecule has 244 valence electrons. The Labute approximate surface area is 289 Å². The number of hydrogen-bond donors (Lipinski definition) is 4. The van der Waals surface area contributed by atoms with E-state index in [1.165, 1.54) is 44.5 Å². The van der Waals surface area contributed by atoms with Crippen LogP contribution < -0.4 is 0 Å². The second-order valence-electron chi connectivity index (χ2n) is 13.6. The molecule has 5 nitrogen and oxygen atoms in total. The zero-order valence-electron chi connectivity index (χ0n) is 29.1. The summed E-state index contributed by atoms with van der Waals surface area (Å²) < 4.78 is 0. The van der Waals surface area contributed by atoms with Crippen LogP contribution in [0.4, 0.5) is 0 Å². The number of benzene rings is 3. The minimum atomic E-state index is -0.107. The predicted molar refractivity (Wildman–Crippen MR) is 198 cm³/mol. The largest absolute Gasteiger partial charge is 0.364 e. The van der Waals surface area contributed by atoms with Crippen LogP contribution in [0, 0.1) is 52.9 Å². The lowest BCUT2D eigenvalue weighted by atomic mass is 9.85. The van der Waals surface area contributed by atoms with Crippen LogP contribution in [0.25, 0.3) is 0 Å². The van der Waals surface area contributed by atoms with Gasteiger partial charge >= 0.3 is 0 Å². The number of aromatic amines is 4. The van der Waals surface area contributed by atoms with E-state index in [0.717, 1.165) is 39.7 Å². The number of nitrogens with one attached hydrogen (secondary N) is 4. The van der Waals surface area contributed by atoms with Crippen molar-refractivity contribution in [1.82, 2.24) is 19.9 Å². The maximum absolute atomic E-state index is 9.58. The highest BCUT2D eigenvalue weighted by atomic mass is 14.8. The molecule has 0 saturated heterocycles. The molecule has 4 N–H and O–H groups in total. The summed E-state index contributed by atoms with van der Waals surface area (Å²) in [5, 5.41) is 9.58. The lowest BCUT2D eigenvalue weighted by Gasteiger charge is -2.22. The van der Waals surface area contributed by atoms with Crippen molar-refractivity contribution in [3.05, 3.63) is 199 Å². The molecule has 0 aliphatic heterocycles. The molecule has 5 heteroatoms. The highest BCUT2D eigenvalue weighted by Gasteiger charge is 2.28. The first-order valence-corrected chi connectivity index (χ1v) is 17.0. The first-order valence-electron chi connectivity index (χ1n) is 17.0. The molecule has 2 unspecified atom stereocenters. The van der Waals surface area contributed by atoms with E-state index in [1.54, 1.807) is 0 Å². The molecule has 4 aromatic heterocycles. The average Bonchev–Trinajstić information content (AvgIpc) is 3.90. The van der Waals surface area contributed by atoms with E-state index in [1.807, 2.05) is 24.5 Å². The molecule has 0 amide bonds. The topological polar surface area (TPSA) is 86.9 Å². The summed E-state index contributed by atoms with van der Waals surface area (Å²) in [6.45, 7) is 13.2. The van der Waals surface area contributed by atoms with Gasteiger partial charge in [0.25, 0.3) is 0 Å². The summed E-state index contributed by atoms with van der Waals surface area (Å²) in [5.41, 5.74) is 18.8. The fraction of sp³-hybridized carbons (Fsp3) is 0.205. The van der Waals surface area contributed by atoms with E-state index < -0.39 is 0 Å². The summed E-state index contributed by atoms with van der Waals surface area (Å²) in [4.78, 5) is 14.8. The molecular formula is C44H43N5. The molecule has 0 radical (unpaired) electrons. The van der Waals surface area contributed by atoms with Crippen LogP contribution in [0.1, 0.15) is 108 Å². The lowest BCUT2D eigenvalue weighted by molar-refractivity contribution is 0.826. The van der Waals surface area contributed by atoms with E-state index in [-0.39, 0.29) is 17.8 Å². The third-order valence-corrected chi connectivity index (χ3v) is 10.00. The first kappa shape index (κ1) is 31.8. The van der Waals surface area contributed by atoms with Gasteiger partial charge in [-0.25, -0.2) is 0 Å². The summed E-state index contributed by atoms with van der Waals surface area (Å²) in [6.07, 6.45) is 4.01. The van der Waals surface area contributed by atoms with Crippen LogP contribution >= 0.6 is 0 Å². The number of rotatable bonds is 9. The summed E-state index contributed by atoms with van der Waals surface area (Å²) in [6, 6.07) is 36.8. The summed E-state index contributed by atoms with van der Waals surface area (Å²) in [5.74, 6) is -0.0610. The Morgan fingerprint density at radius 2 is 0.857 bits per heavy atom. The Balaban J connectivity index is 1.36. The van der Waals surface area contributed by atoms with E-state index in [9.17, 15) is 5.26 Å². The van der Waals surface area contributed by atoms with E-state index >= 15 is 0 Å². The minimum Gasteiger partial charge on any atom is -0.364 e. The average molecular weight is 642 g/mol. The monoisotopic (exact) mass is 641 g/mol. The van der Waals surface area contributed by atoms with Gasteiger partial charge in [0.15, 0.2) is 0 Å².